The lowest BCUT2D eigenvalue weighted by Crippen LogP contribution is -2.25. The van der Waals surface area contributed by atoms with Crippen LogP contribution in [0.2, 0.25) is 0 Å². The lowest BCUT2D eigenvalue weighted by Gasteiger charge is -2.14. The standard InChI is InChI=1S/C18H28N2O3S/c1-15(20-24(22)18(2,3)4)10-8-9-13-19-17(21)23-14-16-11-6-5-7-12-16/h5-7,11-12H,8-10,13-14H2,1-4H3,(H,19,21)/t24-/m1/s1. The molecular formula is C18H28N2O3S. The maximum Gasteiger partial charge on any atom is 0.407 e. The van der Waals surface area contributed by atoms with Gasteiger partial charge in [0, 0.05) is 12.3 Å². The fourth-order valence-electron chi connectivity index (χ4n) is 1.79. The summed E-state index contributed by atoms with van der Waals surface area (Å²) < 4.78 is 20.9. The van der Waals surface area contributed by atoms with Crippen molar-refractivity contribution in [3.05, 3.63) is 35.9 Å². The van der Waals surface area contributed by atoms with Gasteiger partial charge in [-0.15, -0.1) is 0 Å². The molecule has 0 aliphatic heterocycles. The van der Waals surface area contributed by atoms with E-state index in [1.165, 1.54) is 0 Å². The van der Waals surface area contributed by atoms with Crippen molar-refractivity contribution in [1.82, 2.24) is 5.32 Å². The Morgan fingerprint density at radius 3 is 2.50 bits per heavy atom. The van der Waals surface area contributed by atoms with Crippen LogP contribution in [0.25, 0.3) is 0 Å². The van der Waals surface area contributed by atoms with Crippen molar-refractivity contribution in [2.45, 2.75) is 58.3 Å². The Bertz CT molecular complexity index is 565. The number of amides is 1. The van der Waals surface area contributed by atoms with Crippen LogP contribution in [0.5, 0.6) is 0 Å². The van der Waals surface area contributed by atoms with Gasteiger partial charge in [0.05, 0.1) is 4.75 Å². The van der Waals surface area contributed by atoms with Crippen molar-refractivity contribution in [3.8, 4) is 0 Å². The van der Waals surface area contributed by atoms with Crippen LogP contribution in [0, 0.1) is 0 Å². The highest BCUT2D eigenvalue weighted by molar-refractivity contribution is 7.85. The summed E-state index contributed by atoms with van der Waals surface area (Å²) in [6.07, 6.45) is 2.09. The Morgan fingerprint density at radius 2 is 1.88 bits per heavy atom. The summed E-state index contributed by atoms with van der Waals surface area (Å²) in [6, 6.07) is 9.57. The quantitative estimate of drug-likeness (QED) is 0.568. The maximum atomic E-state index is 11.9. The normalized spacial score (nSPS) is 13.4. The molecule has 1 amide bonds. The number of benzene rings is 1. The van der Waals surface area contributed by atoms with E-state index in [-0.39, 0.29) is 11.4 Å². The van der Waals surface area contributed by atoms with Crippen LogP contribution in [-0.4, -0.2) is 27.3 Å². The van der Waals surface area contributed by atoms with Gasteiger partial charge in [0.2, 0.25) is 0 Å². The van der Waals surface area contributed by atoms with Crippen molar-refractivity contribution in [2.75, 3.05) is 6.54 Å². The van der Waals surface area contributed by atoms with Gasteiger partial charge < -0.3 is 10.1 Å². The molecule has 1 aromatic carbocycles. The predicted octanol–water partition coefficient (Wildman–Crippen LogP) is 4.01. The van der Waals surface area contributed by atoms with Crippen LogP contribution in [0.4, 0.5) is 4.79 Å². The molecule has 0 unspecified atom stereocenters. The van der Waals surface area contributed by atoms with E-state index in [0.717, 1.165) is 30.5 Å². The third-order valence-corrected chi connectivity index (χ3v) is 4.74. The number of hydrogen-bond donors (Lipinski definition) is 1. The van der Waals surface area contributed by atoms with E-state index >= 15 is 0 Å². The van der Waals surface area contributed by atoms with Crippen molar-refractivity contribution < 1.29 is 13.7 Å². The molecule has 0 aromatic heterocycles. The van der Waals surface area contributed by atoms with E-state index in [1.807, 2.05) is 58.0 Å². The summed E-state index contributed by atoms with van der Waals surface area (Å²) in [7, 11) is -1.20. The second-order valence-corrected chi connectivity index (χ2v) is 8.54. The third-order valence-electron chi connectivity index (χ3n) is 3.21. The molecule has 0 bridgehead atoms. The number of carbonyl (C=O) groups is 1. The molecule has 0 aliphatic rings. The average Bonchev–Trinajstić information content (AvgIpc) is 2.52. The van der Waals surface area contributed by atoms with Crippen LogP contribution in [0.15, 0.2) is 34.7 Å². The van der Waals surface area contributed by atoms with Gasteiger partial charge >= 0.3 is 6.09 Å². The Balaban J connectivity index is 2.14. The van der Waals surface area contributed by atoms with Crippen molar-refractivity contribution in [1.29, 1.82) is 0 Å². The second kappa shape index (κ2) is 10.2. The van der Waals surface area contributed by atoms with Crippen LogP contribution >= 0.6 is 0 Å². The lowest BCUT2D eigenvalue weighted by molar-refractivity contribution is 0.139. The van der Waals surface area contributed by atoms with E-state index in [2.05, 4.69) is 9.71 Å². The molecule has 0 saturated heterocycles. The summed E-state index contributed by atoms with van der Waals surface area (Å²) in [5.74, 6) is 0. The fourth-order valence-corrected chi connectivity index (χ4v) is 2.44. The smallest absolute Gasteiger partial charge is 0.407 e. The first-order chi connectivity index (χ1) is 11.3. The lowest BCUT2D eigenvalue weighted by atomic mass is 10.2. The van der Waals surface area contributed by atoms with Crippen molar-refractivity contribution in [3.63, 3.8) is 0 Å². The zero-order chi connectivity index (χ0) is 18.0. The number of hydrogen-bond acceptors (Lipinski definition) is 3. The fraction of sp³-hybridized carbons (Fsp3) is 0.556. The molecule has 1 rings (SSSR count). The van der Waals surface area contributed by atoms with Gasteiger partial charge in [0.1, 0.15) is 17.6 Å². The zero-order valence-electron chi connectivity index (χ0n) is 15.0. The summed E-state index contributed by atoms with van der Waals surface area (Å²) in [4.78, 5) is 11.6. The Labute approximate surface area is 147 Å². The third kappa shape index (κ3) is 8.82. The van der Waals surface area contributed by atoms with Crippen LogP contribution in [0.1, 0.15) is 52.5 Å². The average molecular weight is 353 g/mol. The molecule has 1 aromatic rings. The van der Waals surface area contributed by atoms with Gasteiger partial charge in [0.15, 0.2) is 0 Å². The Kier molecular flexibility index (Phi) is 8.68. The summed E-state index contributed by atoms with van der Waals surface area (Å²) in [6.45, 7) is 8.45. The molecule has 1 atom stereocenters. The summed E-state index contributed by atoms with van der Waals surface area (Å²) in [5.41, 5.74) is 1.85. The van der Waals surface area contributed by atoms with Gasteiger partial charge in [-0.2, -0.15) is 4.40 Å². The van der Waals surface area contributed by atoms with Gasteiger partial charge in [-0.3, -0.25) is 0 Å². The van der Waals surface area contributed by atoms with Gasteiger partial charge in [-0.25, -0.2) is 9.00 Å². The number of ether oxygens (including phenoxy) is 1. The Morgan fingerprint density at radius 1 is 1.21 bits per heavy atom. The minimum atomic E-state index is -1.20. The van der Waals surface area contributed by atoms with Gasteiger partial charge in [-0.1, -0.05) is 30.3 Å². The second-order valence-electron chi connectivity index (χ2n) is 6.63. The maximum absolute atomic E-state index is 11.9. The molecule has 0 spiro atoms. The minimum Gasteiger partial charge on any atom is -0.445 e. The van der Waals surface area contributed by atoms with E-state index in [9.17, 15) is 9.00 Å². The number of nitrogens with one attached hydrogen (secondary N) is 1. The SMILES string of the molecule is CC(CCCCNC(=O)OCc1ccccc1)=N[S@](=O)C(C)(C)C. The zero-order valence-corrected chi connectivity index (χ0v) is 15.8. The molecule has 0 aliphatic carbocycles. The van der Waals surface area contributed by atoms with Gasteiger partial charge in [0.25, 0.3) is 0 Å². The minimum absolute atomic E-state index is 0.275. The number of nitrogens with zero attached hydrogens (tertiary/aromatic N) is 1. The molecule has 0 heterocycles. The highest BCUT2D eigenvalue weighted by Crippen LogP contribution is 2.13. The molecule has 6 heteroatoms. The molecule has 24 heavy (non-hydrogen) atoms. The first-order valence-electron chi connectivity index (χ1n) is 8.20. The number of alkyl carbamates (subject to hydrolysis) is 1. The molecule has 0 radical (unpaired) electrons. The number of carbonyl (C=O) groups excluding carboxylic acids is 1. The molecular weight excluding hydrogens is 324 g/mol. The number of unbranched alkanes of at least 4 members (excludes halogenated alkanes) is 1. The molecule has 1 N–H and O–H groups in total. The molecule has 0 saturated carbocycles. The monoisotopic (exact) mass is 352 g/mol. The van der Waals surface area contributed by atoms with E-state index in [1.54, 1.807) is 0 Å². The van der Waals surface area contributed by atoms with Crippen LogP contribution in [0.3, 0.4) is 0 Å². The Hall–Kier alpha value is -1.69. The first kappa shape index (κ1) is 20.4. The van der Waals surface area contributed by atoms with E-state index in [0.29, 0.717) is 6.54 Å². The predicted molar refractivity (Wildman–Crippen MR) is 99.5 cm³/mol. The highest BCUT2D eigenvalue weighted by atomic mass is 32.2. The highest BCUT2D eigenvalue weighted by Gasteiger charge is 2.18. The van der Waals surface area contributed by atoms with E-state index < -0.39 is 17.1 Å². The first-order valence-corrected chi connectivity index (χ1v) is 9.30. The largest absolute Gasteiger partial charge is 0.445 e. The van der Waals surface area contributed by atoms with Crippen LogP contribution < -0.4 is 5.32 Å². The van der Waals surface area contributed by atoms with Gasteiger partial charge in [-0.05, 0) is 52.5 Å². The van der Waals surface area contributed by atoms with Crippen molar-refractivity contribution >= 4 is 22.8 Å². The summed E-state index contributed by atoms with van der Waals surface area (Å²) in [5, 5.41) is 2.73. The topological polar surface area (TPSA) is 67.8 Å². The molecule has 134 valence electrons. The number of rotatable bonds is 8. The summed E-state index contributed by atoms with van der Waals surface area (Å²) >= 11 is 0. The van der Waals surface area contributed by atoms with Crippen molar-refractivity contribution in [2.24, 2.45) is 4.40 Å². The molecule has 0 fully saturated rings. The van der Waals surface area contributed by atoms with E-state index in [4.69, 9.17) is 4.74 Å². The van der Waals surface area contributed by atoms with Crippen LogP contribution in [-0.2, 0) is 22.3 Å². The molecule has 5 nitrogen and oxygen atoms in total.